The van der Waals surface area contributed by atoms with Crippen LogP contribution in [0.5, 0.6) is 0 Å². The van der Waals surface area contributed by atoms with Crippen molar-refractivity contribution in [1.29, 1.82) is 0 Å². The molecule has 4 atom stereocenters. The third kappa shape index (κ3) is 3.46. The van der Waals surface area contributed by atoms with E-state index < -0.39 is 6.04 Å². The summed E-state index contributed by atoms with van der Waals surface area (Å²) >= 11 is 1.74. The van der Waals surface area contributed by atoms with E-state index >= 15 is 0 Å². The number of likely N-dealkylation sites (tertiary alicyclic amines) is 2. The number of fused-ring (bicyclic) bond motifs is 2. The number of benzene rings is 1. The fraction of sp³-hybridized carbons (Fsp3) is 0.579. The first-order valence-electron chi connectivity index (χ1n) is 9.39. The predicted octanol–water partition coefficient (Wildman–Crippen LogP) is 1.03. The highest BCUT2D eigenvalue weighted by Gasteiger charge is 2.51. The standard InChI is InChI=1S/C19H25FN4O2S/c1-12(13-2-4-14(20)5-3-13)24-15-8-17(19(24)26)23(9-15)10-16(21)18(25)22-6-7-27-11-22/h2-5,12,15-17H,6-11,21H2,1H3/t12-,15?,16-,17-/m0/s1. The van der Waals surface area contributed by atoms with Crippen molar-refractivity contribution in [1.82, 2.24) is 14.7 Å². The number of amides is 2. The van der Waals surface area contributed by atoms with Crippen molar-refractivity contribution in [3.8, 4) is 0 Å². The molecular formula is C19H25FN4O2S. The van der Waals surface area contributed by atoms with E-state index in [0.717, 1.165) is 30.8 Å². The zero-order chi connectivity index (χ0) is 19.1. The highest BCUT2D eigenvalue weighted by Crippen LogP contribution is 2.37. The largest absolute Gasteiger partial charge is 0.331 e. The lowest BCUT2D eigenvalue weighted by Gasteiger charge is -2.38. The lowest BCUT2D eigenvalue weighted by molar-refractivity contribution is -0.140. The van der Waals surface area contributed by atoms with Crippen LogP contribution in [-0.4, -0.2) is 75.9 Å². The molecule has 0 spiro atoms. The third-order valence-electron chi connectivity index (χ3n) is 5.90. The van der Waals surface area contributed by atoms with Crippen LogP contribution >= 0.6 is 11.8 Å². The second-order valence-electron chi connectivity index (χ2n) is 7.58. The first-order valence-corrected chi connectivity index (χ1v) is 10.5. The quantitative estimate of drug-likeness (QED) is 0.811. The molecule has 1 unspecified atom stereocenters. The lowest BCUT2D eigenvalue weighted by Crippen LogP contribution is -2.56. The molecule has 3 aliphatic heterocycles. The Hall–Kier alpha value is -1.64. The summed E-state index contributed by atoms with van der Waals surface area (Å²) in [6.07, 6.45) is 0.769. The van der Waals surface area contributed by atoms with Crippen molar-refractivity contribution >= 4 is 23.6 Å². The van der Waals surface area contributed by atoms with Gasteiger partial charge in [0.15, 0.2) is 0 Å². The third-order valence-corrected chi connectivity index (χ3v) is 6.86. The Morgan fingerprint density at radius 1 is 1.37 bits per heavy atom. The molecular weight excluding hydrogens is 367 g/mol. The fourth-order valence-electron chi connectivity index (χ4n) is 4.45. The van der Waals surface area contributed by atoms with E-state index in [0.29, 0.717) is 12.4 Å². The van der Waals surface area contributed by atoms with Gasteiger partial charge in [0, 0.05) is 31.4 Å². The number of hydrogen-bond acceptors (Lipinski definition) is 5. The number of carbonyl (C=O) groups is 2. The zero-order valence-corrected chi connectivity index (χ0v) is 16.2. The fourth-order valence-corrected chi connectivity index (χ4v) is 5.41. The van der Waals surface area contributed by atoms with Crippen LogP contribution in [0.1, 0.15) is 24.9 Å². The van der Waals surface area contributed by atoms with Crippen LogP contribution in [0.25, 0.3) is 0 Å². The van der Waals surface area contributed by atoms with Crippen molar-refractivity contribution in [2.45, 2.75) is 37.5 Å². The Morgan fingerprint density at radius 3 is 2.74 bits per heavy atom. The topological polar surface area (TPSA) is 69.9 Å². The summed E-state index contributed by atoms with van der Waals surface area (Å²) in [5, 5.41) is 0. The molecule has 1 aromatic carbocycles. The van der Waals surface area contributed by atoms with Crippen LogP contribution in [0.2, 0.25) is 0 Å². The van der Waals surface area contributed by atoms with Gasteiger partial charge in [-0.05, 0) is 31.0 Å². The van der Waals surface area contributed by atoms with Gasteiger partial charge < -0.3 is 15.5 Å². The van der Waals surface area contributed by atoms with Gasteiger partial charge in [0.25, 0.3) is 0 Å². The van der Waals surface area contributed by atoms with Crippen LogP contribution in [0.4, 0.5) is 4.39 Å². The molecule has 2 bridgehead atoms. The predicted molar refractivity (Wildman–Crippen MR) is 102 cm³/mol. The number of nitrogens with zero attached hydrogens (tertiary/aromatic N) is 3. The van der Waals surface area contributed by atoms with E-state index in [-0.39, 0.29) is 35.8 Å². The van der Waals surface area contributed by atoms with Crippen LogP contribution in [0.3, 0.4) is 0 Å². The van der Waals surface area contributed by atoms with Gasteiger partial charge in [-0.15, -0.1) is 11.8 Å². The SMILES string of the molecule is C[C@@H](c1ccc(F)cc1)N1C(=O)[C@@H]2CC1CN2C[C@H](N)C(=O)N1CCSC1. The average molecular weight is 393 g/mol. The number of thioether (sulfide) groups is 1. The van der Waals surface area contributed by atoms with Gasteiger partial charge in [0.2, 0.25) is 11.8 Å². The minimum absolute atomic E-state index is 0.0215. The van der Waals surface area contributed by atoms with Gasteiger partial charge in [-0.2, -0.15) is 0 Å². The first kappa shape index (κ1) is 18.7. The van der Waals surface area contributed by atoms with E-state index in [1.165, 1.54) is 12.1 Å². The summed E-state index contributed by atoms with van der Waals surface area (Å²) < 4.78 is 13.2. The first-order chi connectivity index (χ1) is 13.0. The Bertz CT molecular complexity index is 725. The minimum Gasteiger partial charge on any atom is -0.331 e. The molecule has 3 saturated heterocycles. The molecule has 3 heterocycles. The summed E-state index contributed by atoms with van der Waals surface area (Å²) in [7, 11) is 0. The van der Waals surface area contributed by atoms with E-state index in [4.69, 9.17) is 5.73 Å². The van der Waals surface area contributed by atoms with Gasteiger partial charge in [-0.3, -0.25) is 14.5 Å². The molecule has 1 aromatic rings. The number of piperazine rings is 1. The Morgan fingerprint density at radius 2 is 2.11 bits per heavy atom. The highest BCUT2D eigenvalue weighted by atomic mass is 32.2. The maximum atomic E-state index is 13.2. The van der Waals surface area contributed by atoms with Gasteiger partial charge in [0.1, 0.15) is 5.82 Å². The van der Waals surface area contributed by atoms with E-state index in [1.54, 1.807) is 28.8 Å². The zero-order valence-electron chi connectivity index (χ0n) is 15.4. The number of halogens is 1. The molecule has 0 radical (unpaired) electrons. The number of hydrogen-bond donors (Lipinski definition) is 1. The minimum atomic E-state index is -0.584. The second kappa shape index (κ2) is 7.41. The maximum absolute atomic E-state index is 13.2. The smallest absolute Gasteiger partial charge is 0.241 e. The van der Waals surface area contributed by atoms with Crippen molar-refractivity contribution in [3.63, 3.8) is 0 Å². The summed E-state index contributed by atoms with van der Waals surface area (Å²) in [5.74, 6) is 1.45. The number of nitrogens with two attached hydrogens (primary N) is 1. The van der Waals surface area contributed by atoms with Gasteiger partial charge in [0.05, 0.1) is 24.0 Å². The molecule has 146 valence electrons. The lowest BCUT2D eigenvalue weighted by atomic mass is 10.1. The van der Waals surface area contributed by atoms with Crippen LogP contribution in [-0.2, 0) is 9.59 Å². The molecule has 4 rings (SSSR count). The number of carbonyl (C=O) groups excluding carboxylic acids is 2. The van der Waals surface area contributed by atoms with Crippen molar-refractivity contribution in [3.05, 3.63) is 35.6 Å². The second-order valence-corrected chi connectivity index (χ2v) is 8.65. The molecule has 2 N–H and O–H groups in total. The van der Waals surface area contributed by atoms with E-state index in [9.17, 15) is 14.0 Å². The van der Waals surface area contributed by atoms with E-state index in [1.807, 2.05) is 11.8 Å². The van der Waals surface area contributed by atoms with E-state index in [2.05, 4.69) is 4.90 Å². The maximum Gasteiger partial charge on any atom is 0.241 e. The normalized spacial score (nSPS) is 27.4. The molecule has 0 saturated carbocycles. The van der Waals surface area contributed by atoms with Crippen molar-refractivity contribution in [2.24, 2.45) is 5.73 Å². The Balaban J connectivity index is 1.39. The summed E-state index contributed by atoms with van der Waals surface area (Å²) in [5.41, 5.74) is 7.08. The monoisotopic (exact) mass is 392 g/mol. The number of rotatable bonds is 5. The van der Waals surface area contributed by atoms with Gasteiger partial charge in [-0.25, -0.2) is 4.39 Å². The molecule has 3 aliphatic rings. The average Bonchev–Trinajstić information content (AvgIpc) is 3.37. The van der Waals surface area contributed by atoms with Gasteiger partial charge >= 0.3 is 0 Å². The van der Waals surface area contributed by atoms with Gasteiger partial charge in [-0.1, -0.05) is 12.1 Å². The van der Waals surface area contributed by atoms with Crippen LogP contribution in [0, 0.1) is 5.82 Å². The molecule has 8 heteroatoms. The van der Waals surface area contributed by atoms with Crippen LogP contribution in [0.15, 0.2) is 24.3 Å². The van der Waals surface area contributed by atoms with Crippen LogP contribution < -0.4 is 5.73 Å². The molecule has 27 heavy (non-hydrogen) atoms. The Kier molecular flexibility index (Phi) is 5.13. The summed E-state index contributed by atoms with van der Waals surface area (Å²) in [4.78, 5) is 31.2. The summed E-state index contributed by atoms with van der Waals surface area (Å²) in [6.45, 7) is 3.89. The highest BCUT2D eigenvalue weighted by molar-refractivity contribution is 7.99. The molecule has 6 nitrogen and oxygen atoms in total. The molecule has 2 amide bonds. The molecule has 0 aromatic heterocycles. The van der Waals surface area contributed by atoms with Crippen molar-refractivity contribution in [2.75, 3.05) is 31.3 Å². The molecule has 3 fully saturated rings. The summed E-state index contributed by atoms with van der Waals surface area (Å²) in [6, 6.07) is 5.57. The molecule has 0 aliphatic carbocycles. The Labute approximate surface area is 162 Å². The van der Waals surface area contributed by atoms with Crippen molar-refractivity contribution < 1.29 is 14.0 Å².